The molecule has 0 radical (unpaired) electrons. The van der Waals surface area contributed by atoms with Gasteiger partial charge in [-0.2, -0.15) is 4.98 Å². The fourth-order valence-electron chi connectivity index (χ4n) is 3.29. The first-order valence-electron chi connectivity index (χ1n) is 8.99. The second kappa shape index (κ2) is 8.36. The van der Waals surface area contributed by atoms with Crippen LogP contribution in [0, 0.1) is 0 Å². The molecule has 1 unspecified atom stereocenters. The molecule has 29 heavy (non-hydrogen) atoms. The van der Waals surface area contributed by atoms with Crippen molar-refractivity contribution in [2.45, 2.75) is 13.0 Å². The van der Waals surface area contributed by atoms with Crippen molar-refractivity contribution in [3.05, 3.63) is 64.0 Å². The van der Waals surface area contributed by atoms with Crippen molar-refractivity contribution in [3.8, 4) is 10.7 Å². The van der Waals surface area contributed by atoms with Crippen LogP contribution >= 0.6 is 22.9 Å². The van der Waals surface area contributed by atoms with E-state index in [2.05, 4.69) is 15.5 Å². The van der Waals surface area contributed by atoms with Crippen LogP contribution in [0.4, 0.5) is 4.79 Å². The summed E-state index contributed by atoms with van der Waals surface area (Å²) in [5.41, 5.74) is 2.30. The molecular weight excluding hydrogens is 412 g/mol. The standard InChI is InChI=1S/C20H19ClN4O3S/c1-12-16(19-23-18(24-28-19)15-7-4-10-29-15)17(13-5-3-6-14(21)11-13)22-20(26)25(12)8-9-27-2/h3-7,10-11,17H,8-9H2,1-2H3,(H,22,26). The summed E-state index contributed by atoms with van der Waals surface area (Å²) in [6.07, 6.45) is 0. The number of carbonyl (C=O) groups excluding carboxylic acids is 1. The highest BCUT2D eigenvalue weighted by Crippen LogP contribution is 2.38. The molecule has 7 nitrogen and oxygen atoms in total. The lowest BCUT2D eigenvalue weighted by Gasteiger charge is -2.35. The van der Waals surface area contributed by atoms with Gasteiger partial charge in [-0.3, -0.25) is 4.90 Å². The Morgan fingerprint density at radius 2 is 2.21 bits per heavy atom. The third-order valence-corrected chi connectivity index (χ3v) is 5.80. The molecule has 1 aromatic carbocycles. The number of rotatable bonds is 6. The summed E-state index contributed by atoms with van der Waals surface area (Å²) in [7, 11) is 1.60. The maximum Gasteiger partial charge on any atom is 0.322 e. The SMILES string of the molecule is COCCN1C(=O)NC(c2cccc(Cl)c2)C(c2nc(-c3cccs3)no2)=C1C. The van der Waals surface area contributed by atoms with Crippen molar-refractivity contribution in [2.24, 2.45) is 0 Å². The number of hydrogen-bond acceptors (Lipinski definition) is 6. The van der Waals surface area contributed by atoms with Crippen molar-refractivity contribution >= 4 is 34.5 Å². The molecule has 1 N–H and O–H groups in total. The maximum absolute atomic E-state index is 12.8. The van der Waals surface area contributed by atoms with Gasteiger partial charge in [-0.05, 0) is 36.1 Å². The fraction of sp³-hybridized carbons (Fsp3) is 0.250. The molecule has 0 saturated carbocycles. The van der Waals surface area contributed by atoms with Crippen LogP contribution in [0.5, 0.6) is 0 Å². The number of aromatic nitrogens is 2. The van der Waals surface area contributed by atoms with Gasteiger partial charge in [0.15, 0.2) is 0 Å². The summed E-state index contributed by atoms with van der Waals surface area (Å²) in [6, 6.07) is 10.6. The smallest absolute Gasteiger partial charge is 0.322 e. The molecule has 0 saturated heterocycles. The number of allylic oxidation sites excluding steroid dienone is 1. The number of amides is 2. The number of carbonyl (C=O) groups is 1. The van der Waals surface area contributed by atoms with Crippen LogP contribution < -0.4 is 5.32 Å². The van der Waals surface area contributed by atoms with Gasteiger partial charge >= 0.3 is 6.03 Å². The van der Waals surface area contributed by atoms with E-state index in [1.54, 1.807) is 18.1 Å². The predicted octanol–water partition coefficient (Wildman–Crippen LogP) is 4.60. The van der Waals surface area contributed by atoms with Gasteiger partial charge in [0.05, 0.1) is 29.6 Å². The van der Waals surface area contributed by atoms with E-state index in [1.165, 1.54) is 11.3 Å². The molecular formula is C20H19ClN4O3S. The zero-order valence-corrected chi connectivity index (χ0v) is 17.5. The van der Waals surface area contributed by atoms with E-state index in [9.17, 15) is 4.79 Å². The lowest BCUT2D eigenvalue weighted by atomic mass is 9.94. The van der Waals surface area contributed by atoms with Crippen LogP contribution in [0.2, 0.25) is 5.02 Å². The van der Waals surface area contributed by atoms with Gasteiger partial charge < -0.3 is 14.6 Å². The summed E-state index contributed by atoms with van der Waals surface area (Å²) in [6.45, 7) is 2.69. The van der Waals surface area contributed by atoms with Crippen molar-refractivity contribution in [1.82, 2.24) is 20.4 Å². The Hall–Kier alpha value is -2.68. The van der Waals surface area contributed by atoms with E-state index in [0.717, 1.165) is 21.7 Å². The number of nitrogens with one attached hydrogen (secondary N) is 1. The lowest BCUT2D eigenvalue weighted by molar-refractivity contribution is 0.158. The highest BCUT2D eigenvalue weighted by molar-refractivity contribution is 7.13. The fourth-order valence-corrected chi connectivity index (χ4v) is 4.13. The Bertz CT molecular complexity index is 1050. The lowest BCUT2D eigenvalue weighted by Crippen LogP contribution is -2.47. The molecule has 9 heteroatoms. The number of hydrogen-bond donors (Lipinski definition) is 1. The van der Waals surface area contributed by atoms with Gasteiger partial charge in [0, 0.05) is 17.8 Å². The zero-order chi connectivity index (χ0) is 20.4. The summed E-state index contributed by atoms with van der Waals surface area (Å²) in [4.78, 5) is 19.9. The number of nitrogens with zero attached hydrogens (tertiary/aromatic N) is 3. The molecule has 1 atom stereocenters. The summed E-state index contributed by atoms with van der Waals surface area (Å²) in [5, 5.41) is 9.70. The van der Waals surface area contributed by atoms with Gasteiger partial charge in [-0.1, -0.05) is 35.0 Å². The first-order chi connectivity index (χ1) is 14.1. The Balaban J connectivity index is 1.81. The number of halogens is 1. The number of urea groups is 1. The van der Waals surface area contributed by atoms with Crippen molar-refractivity contribution in [1.29, 1.82) is 0 Å². The quantitative estimate of drug-likeness (QED) is 0.618. The van der Waals surface area contributed by atoms with E-state index >= 15 is 0 Å². The molecule has 4 rings (SSSR count). The van der Waals surface area contributed by atoms with Crippen LogP contribution in [0.3, 0.4) is 0 Å². The monoisotopic (exact) mass is 430 g/mol. The van der Waals surface area contributed by atoms with Gasteiger partial charge in [0.2, 0.25) is 5.82 Å². The van der Waals surface area contributed by atoms with Crippen LogP contribution in [-0.2, 0) is 4.74 Å². The van der Waals surface area contributed by atoms with Gasteiger partial charge in [-0.25, -0.2) is 4.79 Å². The molecule has 2 amide bonds. The Kier molecular flexibility index (Phi) is 5.66. The summed E-state index contributed by atoms with van der Waals surface area (Å²) >= 11 is 7.73. The third-order valence-electron chi connectivity index (χ3n) is 4.70. The molecule has 0 spiro atoms. The van der Waals surface area contributed by atoms with Crippen LogP contribution in [-0.4, -0.2) is 41.3 Å². The van der Waals surface area contributed by atoms with Crippen LogP contribution in [0.15, 0.2) is 52.0 Å². The van der Waals surface area contributed by atoms with E-state index in [1.807, 2.05) is 42.6 Å². The Morgan fingerprint density at radius 1 is 1.34 bits per heavy atom. The first-order valence-corrected chi connectivity index (χ1v) is 10.3. The minimum atomic E-state index is -0.461. The van der Waals surface area contributed by atoms with E-state index < -0.39 is 6.04 Å². The molecule has 150 valence electrons. The van der Waals surface area contributed by atoms with Crippen molar-refractivity contribution < 1.29 is 14.1 Å². The van der Waals surface area contributed by atoms with Crippen LogP contribution in [0.25, 0.3) is 16.3 Å². The second-order valence-electron chi connectivity index (χ2n) is 6.48. The van der Waals surface area contributed by atoms with Gasteiger partial charge in [0.1, 0.15) is 0 Å². The molecule has 1 aliphatic rings. The minimum Gasteiger partial charge on any atom is -0.383 e. The van der Waals surface area contributed by atoms with E-state index in [-0.39, 0.29) is 6.03 Å². The predicted molar refractivity (Wildman–Crippen MR) is 112 cm³/mol. The third kappa shape index (κ3) is 3.91. The van der Waals surface area contributed by atoms with E-state index in [0.29, 0.717) is 29.9 Å². The van der Waals surface area contributed by atoms with Gasteiger partial charge in [0.25, 0.3) is 5.89 Å². The van der Waals surface area contributed by atoms with Crippen molar-refractivity contribution in [2.75, 3.05) is 20.3 Å². The number of benzene rings is 1. The molecule has 0 fully saturated rings. The van der Waals surface area contributed by atoms with E-state index in [4.69, 9.17) is 20.9 Å². The molecule has 0 bridgehead atoms. The number of ether oxygens (including phenoxy) is 1. The molecule has 2 aromatic heterocycles. The number of thiophene rings is 1. The topological polar surface area (TPSA) is 80.5 Å². The highest BCUT2D eigenvalue weighted by atomic mass is 35.5. The maximum atomic E-state index is 12.8. The minimum absolute atomic E-state index is 0.216. The molecule has 0 aliphatic carbocycles. The van der Waals surface area contributed by atoms with Crippen molar-refractivity contribution in [3.63, 3.8) is 0 Å². The first kappa shape index (κ1) is 19.6. The van der Waals surface area contributed by atoms with Crippen LogP contribution in [0.1, 0.15) is 24.4 Å². The van der Waals surface area contributed by atoms with Gasteiger partial charge in [-0.15, -0.1) is 11.3 Å². The average Bonchev–Trinajstić information content (AvgIpc) is 3.39. The normalized spacial score (nSPS) is 17.0. The largest absolute Gasteiger partial charge is 0.383 e. The Morgan fingerprint density at radius 3 is 2.93 bits per heavy atom. The number of methoxy groups -OCH3 is 1. The summed E-state index contributed by atoms with van der Waals surface area (Å²) in [5.74, 6) is 0.874. The second-order valence-corrected chi connectivity index (χ2v) is 7.87. The zero-order valence-electron chi connectivity index (χ0n) is 15.9. The highest BCUT2D eigenvalue weighted by Gasteiger charge is 2.35. The molecule has 3 aromatic rings. The Labute approximate surface area is 176 Å². The average molecular weight is 431 g/mol. The molecule has 3 heterocycles. The molecule has 1 aliphatic heterocycles. The summed E-state index contributed by atoms with van der Waals surface area (Å²) < 4.78 is 10.8.